The van der Waals surface area contributed by atoms with Gasteiger partial charge in [0.2, 0.25) is 10.0 Å². The molecule has 1 aliphatic carbocycles. The van der Waals surface area contributed by atoms with Gasteiger partial charge in [-0.25, -0.2) is 8.42 Å². The first-order valence-electron chi connectivity index (χ1n) is 6.90. The molecule has 1 aliphatic rings. The quantitative estimate of drug-likeness (QED) is 0.771. The second-order valence-corrected chi connectivity index (χ2v) is 7.67. The molecule has 23 heavy (non-hydrogen) atoms. The molecule has 1 aromatic carbocycles. The Morgan fingerprint density at radius 3 is 2.52 bits per heavy atom. The molecular weight excluding hydrogens is 353 g/mol. The minimum Gasteiger partial charge on any atom is -0.207 e. The largest absolute Gasteiger partial charge is 0.416 e. The molecule has 1 aromatic rings. The van der Waals surface area contributed by atoms with Gasteiger partial charge in [-0.1, -0.05) is 11.6 Å². The van der Waals surface area contributed by atoms with Gasteiger partial charge >= 0.3 is 6.18 Å². The minimum absolute atomic E-state index is 0.0392. The predicted octanol–water partition coefficient (Wildman–Crippen LogP) is 3.67. The molecule has 0 spiro atoms. The third kappa shape index (κ3) is 4.37. The maximum Gasteiger partial charge on any atom is 0.416 e. The fourth-order valence-electron chi connectivity index (χ4n) is 2.09. The Balaban J connectivity index is 2.41. The Morgan fingerprint density at radius 1 is 1.35 bits per heavy atom. The maximum atomic E-state index is 12.8. The molecule has 0 heterocycles. The Kier molecular flexibility index (Phi) is 5.23. The first kappa shape index (κ1) is 18.0. The number of halogens is 4. The summed E-state index contributed by atoms with van der Waals surface area (Å²) in [4.78, 5) is -0.576. The molecule has 9 heteroatoms. The van der Waals surface area contributed by atoms with Gasteiger partial charge < -0.3 is 0 Å². The summed E-state index contributed by atoms with van der Waals surface area (Å²) < 4.78 is 64.8. The van der Waals surface area contributed by atoms with Crippen molar-refractivity contribution in [2.45, 2.75) is 30.3 Å². The molecule has 0 unspecified atom stereocenters. The van der Waals surface area contributed by atoms with Crippen LogP contribution in [0.4, 0.5) is 13.2 Å². The van der Waals surface area contributed by atoms with Gasteiger partial charge in [0.1, 0.15) is 4.90 Å². The summed E-state index contributed by atoms with van der Waals surface area (Å²) in [7, 11) is -4.19. The van der Waals surface area contributed by atoms with Crippen LogP contribution in [0.25, 0.3) is 0 Å². The fourth-order valence-corrected chi connectivity index (χ4v) is 4.11. The van der Waals surface area contributed by atoms with E-state index >= 15 is 0 Å². The zero-order chi connectivity index (χ0) is 17.3. The van der Waals surface area contributed by atoms with E-state index in [1.165, 1.54) is 0 Å². The van der Waals surface area contributed by atoms with Crippen molar-refractivity contribution in [1.29, 1.82) is 5.26 Å². The van der Waals surface area contributed by atoms with Gasteiger partial charge in [-0.3, -0.25) is 0 Å². The first-order valence-corrected chi connectivity index (χ1v) is 8.72. The van der Waals surface area contributed by atoms with E-state index in [-0.39, 0.29) is 30.5 Å². The molecule has 126 valence electrons. The van der Waals surface area contributed by atoms with E-state index in [2.05, 4.69) is 0 Å². The van der Waals surface area contributed by atoms with Crippen molar-refractivity contribution in [3.8, 4) is 6.07 Å². The lowest BCUT2D eigenvalue weighted by Crippen LogP contribution is -2.34. The van der Waals surface area contributed by atoms with Gasteiger partial charge in [0.25, 0.3) is 0 Å². The first-order chi connectivity index (χ1) is 10.7. The highest BCUT2D eigenvalue weighted by atomic mass is 35.5. The van der Waals surface area contributed by atoms with Crippen LogP contribution in [0.2, 0.25) is 5.02 Å². The average Bonchev–Trinajstić information content (AvgIpc) is 3.26. The number of nitriles is 1. The Bertz CT molecular complexity index is 725. The van der Waals surface area contributed by atoms with Crippen molar-refractivity contribution in [3.63, 3.8) is 0 Å². The molecule has 0 aliphatic heterocycles. The van der Waals surface area contributed by atoms with E-state index in [0.29, 0.717) is 6.07 Å². The number of sulfonamides is 1. The Labute approximate surface area is 137 Å². The lowest BCUT2D eigenvalue weighted by atomic mass is 10.2. The smallest absolute Gasteiger partial charge is 0.207 e. The number of hydrogen-bond acceptors (Lipinski definition) is 3. The van der Waals surface area contributed by atoms with Crippen LogP contribution in [0.5, 0.6) is 0 Å². The van der Waals surface area contributed by atoms with E-state index in [4.69, 9.17) is 16.9 Å². The highest BCUT2D eigenvalue weighted by Crippen LogP contribution is 2.36. The number of hydrogen-bond donors (Lipinski definition) is 0. The molecule has 0 atom stereocenters. The van der Waals surface area contributed by atoms with E-state index in [1.807, 2.05) is 6.07 Å². The fraction of sp³-hybridized carbons (Fsp3) is 0.500. The maximum absolute atomic E-state index is 12.8. The van der Waals surface area contributed by atoms with Crippen molar-refractivity contribution in [3.05, 3.63) is 28.8 Å². The van der Waals surface area contributed by atoms with Gasteiger partial charge in [0.05, 0.1) is 16.7 Å². The molecule has 0 radical (unpaired) electrons. The van der Waals surface area contributed by atoms with Crippen LogP contribution in [0, 0.1) is 17.2 Å². The van der Waals surface area contributed by atoms with Gasteiger partial charge in [0.15, 0.2) is 0 Å². The van der Waals surface area contributed by atoms with Crippen LogP contribution in [0.1, 0.15) is 24.8 Å². The van der Waals surface area contributed by atoms with Gasteiger partial charge in [0, 0.05) is 19.5 Å². The second-order valence-electron chi connectivity index (χ2n) is 5.36. The Hall–Kier alpha value is -1.30. The predicted molar refractivity (Wildman–Crippen MR) is 78.2 cm³/mol. The molecule has 1 fully saturated rings. The highest BCUT2D eigenvalue weighted by Gasteiger charge is 2.36. The van der Waals surface area contributed by atoms with Gasteiger partial charge in [-0.15, -0.1) is 0 Å². The lowest BCUT2D eigenvalue weighted by Gasteiger charge is -2.22. The zero-order valence-electron chi connectivity index (χ0n) is 12.0. The second kappa shape index (κ2) is 6.67. The van der Waals surface area contributed by atoms with Crippen LogP contribution in [0.15, 0.2) is 23.1 Å². The molecule has 4 nitrogen and oxygen atoms in total. The number of nitrogens with zero attached hydrogens (tertiary/aromatic N) is 2. The highest BCUT2D eigenvalue weighted by molar-refractivity contribution is 7.89. The molecule has 0 amide bonds. The summed E-state index contributed by atoms with van der Waals surface area (Å²) >= 11 is 5.82. The summed E-state index contributed by atoms with van der Waals surface area (Å²) in [6, 6.07) is 4.06. The van der Waals surface area contributed by atoms with Crippen LogP contribution < -0.4 is 0 Å². The summed E-state index contributed by atoms with van der Waals surface area (Å²) in [5, 5.41) is 8.39. The van der Waals surface area contributed by atoms with E-state index in [1.54, 1.807) is 0 Å². The van der Waals surface area contributed by atoms with Crippen LogP contribution >= 0.6 is 11.6 Å². The lowest BCUT2D eigenvalue weighted by molar-refractivity contribution is -0.137. The van der Waals surface area contributed by atoms with Crippen LogP contribution in [-0.4, -0.2) is 25.8 Å². The topological polar surface area (TPSA) is 61.2 Å². The zero-order valence-corrected chi connectivity index (χ0v) is 13.5. The van der Waals surface area contributed by atoms with Crippen molar-refractivity contribution in [2.75, 3.05) is 13.1 Å². The van der Waals surface area contributed by atoms with E-state index in [0.717, 1.165) is 29.3 Å². The molecule has 0 bridgehead atoms. The summed E-state index contributed by atoms with van der Waals surface area (Å²) in [6.45, 7) is 0.124. The number of rotatable bonds is 6. The third-order valence-corrected chi connectivity index (χ3v) is 5.85. The summed E-state index contributed by atoms with van der Waals surface area (Å²) in [6.07, 6.45) is -2.96. The molecule has 0 saturated heterocycles. The van der Waals surface area contributed by atoms with Gasteiger partial charge in [-0.05, 0) is 37.0 Å². The average molecular weight is 367 g/mol. The van der Waals surface area contributed by atoms with Crippen LogP contribution in [-0.2, 0) is 16.2 Å². The number of benzene rings is 1. The standard InChI is InChI=1S/C14H14ClF3N2O2S/c15-12-5-4-11(14(16,17)18)8-13(12)23(21,22)20(7-1-6-19)9-10-2-3-10/h4-5,8,10H,1-3,7,9H2. The van der Waals surface area contributed by atoms with E-state index < -0.39 is 26.7 Å². The SMILES string of the molecule is N#CCCN(CC1CC1)S(=O)(=O)c1cc(C(F)(F)F)ccc1Cl. The molecular formula is C14H14ClF3N2O2S. The van der Waals surface area contributed by atoms with Crippen molar-refractivity contribution in [1.82, 2.24) is 4.31 Å². The molecule has 1 saturated carbocycles. The molecule has 2 rings (SSSR count). The van der Waals surface area contributed by atoms with Crippen molar-refractivity contribution >= 4 is 21.6 Å². The summed E-state index contributed by atoms with van der Waals surface area (Å²) in [5.41, 5.74) is -1.08. The van der Waals surface area contributed by atoms with Crippen molar-refractivity contribution in [2.24, 2.45) is 5.92 Å². The van der Waals surface area contributed by atoms with Crippen LogP contribution in [0.3, 0.4) is 0 Å². The van der Waals surface area contributed by atoms with E-state index in [9.17, 15) is 21.6 Å². The third-order valence-electron chi connectivity index (χ3n) is 3.51. The molecule has 0 N–H and O–H groups in total. The molecule has 0 aromatic heterocycles. The normalized spacial score (nSPS) is 15.7. The Morgan fingerprint density at radius 2 is 2.00 bits per heavy atom. The minimum atomic E-state index is -4.66. The summed E-state index contributed by atoms with van der Waals surface area (Å²) in [5.74, 6) is 0.188. The van der Waals surface area contributed by atoms with Crippen molar-refractivity contribution < 1.29 is 21.6 Å². The monoisotopic (exact) mass is 366 g/mol. The number of alkyl halides is 3. The van der Waals surface area contributed by atoms with Gasteiger partial charge in [-0.2, -0.15) is 22.7 Å².